The summed E-state index contributed by atoms with van der Waals surface area (Å²) in [4.78, 5) is 15.1. The number of carbonyl (C=O) groups is 1. The molecule has 6 heteroatoms. The highest BCUT2D eigenvalue weighted by Crippen LogP contribution is 2.26. The van der Waals surface area contributed by atoms with Crippen LogP contribution >= 0.6 is 0 Å². The largest absolute Gasteiger partial charge is 0.504 e. The van der Waals surface area contributed by atoms with Gasteiger partial charge in [-0.05, 0) is 29.8 Å². The molecule has 0 bridgehead atoms. The van der Waals surface area contributed by atoms with Crippen LogP contribution in [0.25, 0.3) is 10.9 Å². The Balaban J connectivity index is 1.61. The fourth-order valence-electron chi connectivity index (χ4n) is 2.32. The standard InChI is InChI=1S/C17H17N3O3/c1-23-15-8-11(6-7-14(15)21)10-18-17(22)20-16-9-12-4-2-3-5-13(12)19-16/h2-9,19,21H,10H2,1H3,(H2,18,20,22). The van der Waals surface area contributed by atoms with Crippen molar-refractivity contribution >= 4 is 22.8 Å². The number of nitrogens with one attached hydrogen (secondary N) is 3. The maximum absolute atomic E-state index is 12.0. The molecule has 3 aromatic rings. The zero-order chi connectivity index (χ0) is 16.2. The van der Waals surface area contributed by atoms with Gasteiger partial charge in [0.15, 0.2) is 11.5 Å². The van der Waals surface area contributed by atoms with Crippen LogP contribution in [0.1, 0.15) is 5.56 Å². The minimum atomic E-state index is -0.316. The van der Waals surface area contributed by atoms with Gasteiger partial charge in [-0.3, -0.25) is 5.32 Å². The first-order valence-corrected chi connectivity index (χ1v) is 7.14. The second-order valence-corrected chi connectivity index (χ2v) is 5.08. The molecular weight excluding hydrogens is 294 g/mol. The Morgan fingerprint density at radius 1 is 1.22 bits per heavy atom. The number of benzene rings is 2. The molecule has 23 heavy (non-hydrogen) atoms. The van der Waals surface area contributed by atoms with Gasteiger partial charge in [0.2, 0.25) is 0 Å². The first-order chi connectivity index (χ1) is 11.2. The minimum absolute atomic E-state index is 0.0683. The number of fused-ring (bicyclic) bond motifs is 1. The summed E-state index contributed by atoms with van der Waals surface area (Å²) in [6.45, 7) is 0.322. The Morgan fingerprint density at radius 2 is 2.04 bits per heavy atom. The summed E-state index contributed by atoms with van der Waals surface area (Å²) in [6, 6.07) is 14.3. The van der Waals surface area contributed by atoms with Crippen molar-refractivity contribution in [1.82, 2.24) is 10.3 Å². The Labute approximate surface area is 133 Å². The molecule has 0 saturated carbocycles. The van der Waals surface area contributed by atoms with Crippen LogP contribution in [-0.4, -0.2) is 23.2 Å². The number of amides is 2. The highest BCUT2D eigenvalue weighted by Gasteiger charge is 2.06. The van der Waals surface area contributed by atoms with Gasteiger partial charge >= 0.3 is 6.03 Å². The topological polar surface area (TPSA) is 86.4 Å². The minimum Gasteiger partial charge on any atom is -0.504 e. The SMILES string of the molecule is COc1cc(CNC(=O)Nc2cc3ccccc3[nH]2)ccc1O. The number of aromatic nitrogens is 1. The number of phenolic OH excluding ortho intramolecular Hbond substituents is 1. The van der Waals surface area contributed by atoms with Gasteiger partial charge in [-0.1, -0.05) is 24.3 Å². The first-order valence-electron chi connectivity index (χ1n) is 7.14. The molecule has 0 unspecified atom stereocenters. The van der Waals surface area contributed by atoms with E-state index >= 15 is 0 Å². The molecule has 118 valence electrons. The van der Waals surface area contributed by atoms with E-state index in [9.17, 15) is 9.90 Å². The Bertz CT molecular complexity index is 809. The molecule has 0 aliphatic heterocycles. The average Bonchev–Trinajstić information content (AvgIpc) is 2.96. The highest BCUT2D eigenvalue weighted by molar-refractivity contribution is 5.92. The van der Waals surface area contributed by atoms with Crippen LogP contribution < -0.4 is 15.4 Å². The van der Waals surface area contributed by atoms with Gasteiger partial charge in [0.25, 0.3) is 0 Å². The fraction of sp³-hybridized carbons (Fsp3) is 0.118. The van der Waals surface area contributed by atoms with Crippen molar-refractivity contribution in [2.24, 2.45) is 0 Å². The Kier molecular flexibility index (Phi) is 4.05. The molecule has 2 aromatic carbocycles. The normalized spacial score (nSPS) is 10.5. The number of ether oxygens (including phenoxy) is 1. The van der Waals surface area contributed by atoms with Gasteiger partial charge in [-0.2, -0.15) is 0 Å². The van der Waals surface area contributed by atoms with E-state index in [1.54, 1.807) is 12.1 Å². The third-order valence-electron chi connectivity index (χ3n) is 3.48. The number of urea groups is 1. The van der Waals surface area contributed by atoms with E-state index in [2.05, 4.69) is 15.6 Å². The number of carbonyl (C=O) groups excluding carboxylic acids is 1. The van der Waals surface area contributed by atoms with Crippen LogP contribution in [0, 0.1) is 0 Å². The summed E-state index contributed by atoms with van der Waals surface area (Å²) in [6.07, 6.45) is 0. The van der Waals surface area contributed by atoms with Crippen LogP contribution in [0.15, 0.2) is 48.5 Å². The zero-order valence-electron chi connectivity index (χ0n) is 12.6. The number of methoxy groups -OCH3 is 1. The molecule has 0 aliphatic carbocycles. The molecule has 0 fully saturated rings. The lowest BCUT2D eigenvalue weighted by molar-refractivity contribution is 0.251. The van der Waals surface area contributed by atoms with Gasteiger partial charge in [0.05, 0.1) is 7.11 Å². The van der Waals surface area contributed by atoms with Crippen molar-refractivity contribution < 1.29 is 14.6 Å². The predicted molar refractivity (Wildman–Crippen MR) is 88.8 cm³/mol. The number of phenols is 1. The summed E-state index contributed by atoms with van der Waals surface area (Å²) in [5.41, 5.74) is 1.79. The number of para-hydroxylation sites is 1. The second-order valence-electron chi connectivity index (χ2n) is 5.08. The molecule has 1 heterocycles. The zero-order valence-corrected chi connectivity index (χ0v) is 12.6. The van der Waals surface area contributed by atoms with Crippen molar-refractivity contribution in [2.45, 2.75) is 6.54 Å². The van der Waals surface area contributed by atoms with E-state index in [4.69, 9.17) is 4.74 Å². The highest BCUT2D eigenvalue weighted by atomic mass is 16.5. The number of anilines is 1. The molecule has 2 amide bonds. The third-order valence-corrected chi connectivity index (χ3v) is 3.48. The van der Waals surface area contributed by atoms with Crippen molar-refractivity contribution in [1.29, 1.82) is 0 Å². The third kappa shape index (κ3) is 3.37. The lowest BCUT2D eigenvalue weighted by atomic mass is 10.2. The summed E-state index contributed by atoms with van der Waals surface area (Å²) < 4.78 is 5.04. The smallest absolute Gasteiger partial charge is 0.320 e. The van der Waals surface area contributed by atoms with Gasteiger partial charge in [0, 0.05) is 17.4 Å². The van der Waals surface area contributed by atoms with E-state index in [0.717, 1.165) is 16.5 Å². The van der Waals surface area contributed by atoms with Crippen LogP contribution in [0.5, 0.6) is 11.5 Å². The van der Waals surface area contributed by atoms with Gasteiger partial charge in [-0.15, -0.1) is 0 Å². The lowest BCUT2D eigenvalue weighted by Gasteiger charge is -2.08. The summed E-state index contributed by atoms with van der Waals surface area (Å²) in [5, 5.41) is 16.1. The van der Waals surface area contributed by atoms with Gasteiger partial charge < -0.3 is 20.1 Å². The van der Waals surface area contributed by atoms with Crippen molar-refractivity contribution in [3.05, 3.63) is 54.1 Å². The van der Waals surface area contributed by atoms with Crippen LogP contribution in [-0.2, 0) is 6.54 Å². The van der Waals surface area contributed by atoms with E-state index in [-0.39, 0.29) is 11.8 Å². The van der Waals surface area contributed by atoms with E-state index in [1.807, 2.05) is 30.3 Å². The molecule has 0 saturated heterocycles. The maximum Gasteiger partial charge on any atom is 0.320 e. The van der Waals surface area contributed by atoms with Crippen LogP contribution in [0.2, 0.25) is 0 Å². The van der Waals surface area contributed by atoms with E-state index in [1.165, 1.54) is 13.2 Å². The number of aromatic hydroxyl groups is 1. The number of H-pyrrole nitrogens is 1. The Morgan fingerprint density at radius 3 is 2.83 bits per heavy atom. The molecule has 0 spiro atoms. The second kappa shape index (κ2) is 6.31. The Hall–Kier alpha value is -3.15. The van der Waals surface area contributed by atoms with Gasteiger partial charge in [0.1, 0.15) is 5.82 Å². The quantitative estimate of drug-likeness (QED) is 0.597. The summed E-state index contributed by atoms with van der Waals surface area (Å²) >= 11 is 0. The molecule has 1 aromatic heterocycles. The number of hydrogen-bond donors (Lipinski definition) is 4. The predicted octanol–water partition coefficient (Wildman–Crippen LogP) is 3.20. The van der Waals surface area contributed by atoms with Crippen molar-refractivity contribution in [3.63, 3.8) is 0 Å². The molecule has 4 N–H and O–H groups in total. The number of hydrogen-bond acceptors (Lipinski definition) is 3. The van der Waals surface area contributed by atoms with Crippen LogP contribution in [0.4, 0.5) is 10.6 Å². The number of rotatable bonds is 4. The fourth-order valence-corrected chi connectivity index (χ4v) is 2.32. The monoisotopic (exact) mass is 311 g/mol. The van der Waals surface area contributed by atoms with Crippen LogP contribution in [0.3, 0.4) is 0 Å². The molecule has 3 rings (SSSR count). The molecule has 0 atom stereocenters. The molecular formula is C17H17N3O3. The van der Waals surface area contributed by atoms with E-state index < -0.39 is 0 Å². The summed E-state index contributed by atoms with van der Waals surface area (Å²) in [7, 11) is 1.48. The molecule has 0 aliphatic rings. The maximum atomic E-state index is 12.0. The lowest BCUT2D eigenvalue weighted by Crippen LogP contribution is -2.28. The van der Waals surface area contributed by atoms with Crippen molar-refractivity contribution in [2.75, 3.05) is 12.4 Å². The molecule has 0 radical (unpaired) electrons. The first kappa shape index (κ1) is 14.8. The van der Waals surface area contributed by atoms with E-state index in [0.29, 0.717) is 18.1 Å². The summed E-state index contributed by atoms with van der Waals surface area (Å²) in [5.74, 6) is 1.08. The number of aromatic amines is 1. The molecule has 6 nitrogen and oxygen atoms in total. The average molecular weight is 311 g/mol. The van der Waals surface area contributed by atoms with Crippen molar-refractivity contribution in [3.8, 4) is 11.5 Å². The van der Waals surface area contributed by atoms with Gasteiger partial charge in [-0.25, -0.2) is 4.79 Å².